The van der Waals surface area contributed by atoms with Gasteiger partial charge in [-0.1, -0.05) is 18.2 Å². The number of para-hydroxylation sites is 1. The quantitative estimate of drug-likeness (QED) is 0.441. The number of nitrogens with zero attached hydrogens (tertiary/aromatic N) is 2. The molecule has 1 aliphatic heterocycles. The van der Waals surface area contributed by atoms with Crippen molar-refractivity contribution >= 4 is 28.6 Å². The molecule has 3 aromatic rings. The van der Waals surface area contributed by atoms with Gasteiger partial charge in [0.05, 0.1) is 27.2 Å². The number of hydrogen-bond donors (Lipinski definition) is 3. The lowest BCUT2D eigenvalue weighted by Gasteiger charge is -2.34. The molecule has 4 rings (SSSR count). The highest BCUT2D eigenvalue weighted by Crippen LogP contribution is 2.27. The first-order valence-corrected chi connectivity index (χ1v) is 11.3. The summed E-state index contributed by atoms with van der Waals surface area (Å²) in [6.45, 7) is 2.38. The number of methoxy groups -OCH3 is 2. The van der Waals surface area contributed by atoms with Crippen molar-refractivity contribution in [3.05, 3.63) is 59.8 Å². The first-order valence-electron chi connectivity index (χ1n) is 11.3. The third-order valence-electron chi connectivity index (χ3n) is 6.07. The molecule has 1 saturated heterocycles. The van der Waals surface area contributed by atoms with Crippen molar-refractivity contribution in [3.8, 4) is 11.5 Å². The number of hydrazine groups is 1. The van der Waals surface area contributed by atoms with E-state index in [1.54, 1.807) is 12.1 Å². The second-order valence-electron chi connectivity index (χ2n) is 8.27. The van der Waals surface area contributed by atoms with Gasteiger partial charge < -0.3 is 19.4 Å². The number of aromatic amines is 1. The maximum Gasteiger partial charge on any atom is 0.269 e. The fourth-order valence-electron chi connectivity index (χ4n) is 4.13. The maximum absolute atomic E-state index is 12.8. The number of nitrogens with one attached hydrogen (secondary N) is 3. The molecule has 10 heteroatoms. The first-order chi connectivity index (χ1) is 17.0. The fourth-order valence-corrected chi connectivity index (χ4v) is 4.13. The summed E-state index contributed by atoms with van der Waals surface area (Å²) < 4.78 is 10.4. The van der Waals surface area contributed by atoms with Crippen molar-refractivity contribution in [2.45, 2.75) is 6.42 Å². The molecule has 0 unspecified atom stereocenters. The summed E-state index contributed by atoms with van der Waals surface area (Å²) in [5.74, 6) is 0.196. The van der Waals surface area contributed by atoms with E-state index in [9.17, 15) is 14.4 Å². The molecule has 0 atom stereocenters. The molecule has 10 nitrogen and oxygen atoms in total. The smallest absolute Gasteiger partial charge is 0.269 e. The van der Waals surface area contributed by atoms with Crippen molar-refractivity contribution in [2.75, 3.05) is 46.9 Å². The SMILES string of the molecule is COc1ccc(C(=O)NNC(=O)CN2CCN(C(=O)Cc3c[nH]c4ccccc34)CC2)cc1OC. The molecule has 2 heterocycles. The minimum absolute atomic E-state index is 0.0704. The number of carbonyl (C=O) groups is 3. The van der Waals surface area contributed by atoms with Gasteiger partial charge in [-0.3, -0.25) is 30.1 Å². The van der Waals surface area contributed by atoms with Gasteiger partial charge in [-0.2, -0.15) is 0 Å². The molecule has 0 spiro atoms. The summed E-state index contributed by atoms with van der Waals surface area (Å²) in [4.78, 5) is 44.5. The highest BCUT2D eigenvalue weighted by atomic mass is 16.5. The number of piperazine rings is 1. The van der Waals surface area contributed by atoms with Gasteiger partial charge in [0.25, 0.3) is 11.8 Å². The van der Waals surface area contributed by atoms with Crippen molar-refractivity contribution in [1.82, 2.24) is 25.6 Å². The Hall–Kier alpha value is -4.05. The molecule has 35 heavy (non-hydrogen) atoms. The van der Waals surface area contributed by atoms with Crippen LogP contribution in [0.1, 0.15) is 15.9 Å². The monoisotopic (exact) mass is 479 g/mol. The predicted molar refractivity (Wildman–Crippen MR) is 130 cm³/mol. The number of fused-ring (bicyclic) bond motifs is 1. The van der Waals surface area contributed by atoms with Crippen LogP contribution >= 0.6 is 0 Å². The van der Waals surface area contributed by atoms with Crippen LogP contribution in [0.15, 0.2) is 48.7 Å². The Morgan fingerprint density at radius 3 is 2.43 bits per heavy atom. The lowest BCUT2D eigenvalue weighted by Crippen LogP contribution is -2.53. The van der Waals surface area contributed by atoms with E-state index < -0.39 is 5.91 Å². The number of carbonyl (C=O) groups excluding carboxylic acids is 3. The van der Waals surface area contributed by atoms with Gasteiger partial charge in [0.15, 0.2) is 11.5 Å². The van der Waals surface area contributed by atoms with E-state index in [1.165, 1.54) is 20.3 Å². The molecule has 1 aromatic heterocycles. The van der Waals surface area contributed by atoms with Crippen LogP contribution in [0.25, 0.3) is 10.9 Å². The zero-order valence-corrected chi connectivity index (χ0v) is 19.8. The number of benzene rings is 2. The highest BCUT2D eigenvalue weighted by molar-refractivity contribution is 5.96. The van der Waals surface area contributed by atoms with Crippen LogP contribution in [0, 0.1) is 0 Å². The van der Waals surface area contributed by atoms with E-state index in [2.05, 4.69) is 15.8 Å². The molecule has 0 radical (unpaired) electrons. The Balaban J connectivity index is 1.21. The topological polar surface area (TPSA) is 116 Å². The lowest BCUT2D eigenvalue weighted by molar-refractivity contribution is -0.132. The second-order valence-corrected chi connectivity index (χ2v) is 8.27. The Morgan fingerprint density at radius 1 is 0.943 bits per heavy atom. The normalized spacial score (nSPS) is 13.9. The number of rotatable bonds is 7. The van der Waals surface area contributed by atoms with Crippen molar-refractivity contribution in [1.29, 1.82) is 0 Å². The average Bonchev–Trinajstić information content (AvgIpc) is 3.29. The molecular formula is C25H29N5O5. The van der Waals surface area contributed by atoms with Crippen molar-refractivity contribution < 1.29 is 23.9 Å². The van der Waals surface area contributed by atoms with Crippen LogP contribution in [-0.2, 0) is 16.0 Å². The second kappa shape index (κ2) is 10.9. The van der Waals surface area contributed by atoms with Gasteiger partial charge in [0.1, 0.15) is 0 Å². The van der Waals surface area contributed by atoms with E-state index in [-0.39, 0.29) is 18.4 Å². The van der Waals surface area contributed by atoms with Gasteiger partial charge in [0, 0.05) is 48.8 Å². The summed E-state index contributed by atoms with van der Waals surface area (Å²) in [5.41, 5.74) is 7.18. The van der Waals surface area contributed by atoms with Crippen LogP contribution < -0.4 is 20.3 Å². The van der Waals surface area contributed by atoms with E-state index in [4.69, 9.17) is 9.47 Å². The molecule has 3 amide bonds. The Kier molecular flexibility index (Phi) is 7.51. The van der Waals surface area contributed by atoms with E-state index in [0.29, 0.717) is 49.7 Å². The molecule has 0 aliphatic carbocycles. The van der Waals surface area contributed by atoms with Crippen LogP contribution in [0.2, 0.25) is 0 Å². The number of ether oxygens (including phenoxy) is 2. The molecule has 1 aliphatic rings. The molecule has 0 bridgehead atoms. The molecular weight excluding hydrogens is 450 g/mol. The van der Waals surface area contributed by atoms with Crippen molar-refractivity contribution in [3.63, 3.8) is 0 Å². The van der Waals surface area contributed by atoms with E-state index in [0.717, 1.165) is 16.5 Å². The average molecular weight is 480 g/mol. The lowest BCUT2D eigenvalue weighted by atomic mass is 10.1. The summed E-state index contributed by atoms with van der Waals surface area (Å²) in [6.07, 6.45) is 2.23. The third-order valence-corrected chi connectivity index (χ3v) is 6.07. The van der Waals surface area contributed by atoms with Crippen molar-refractivity contribution in [2.24, 2.45) is 0 Å². The third kappa shape index (κ3) is 5.72. The summed E-state index contributed by atoms with van der Waals surface area (Å²) >= 11 is 0. The van der Waals surface area contributed by atoms with Gasteiger partial charge in [-0.15, -0.1) is 0 Å². The highest BCUT2D eigenvalue weighted by Gasteiger charge is 2.23. The summed E-state index contributed by atoms with van der Waals surface area (Å²) in [5, 5.41) is 1.06. The molecule has 3 N–H and O–H groups in total. The molecule has 1 fully saturated rings. The van der Waals surface area contributed by atoms with Crippen LogP contribution in [0.5, 0.6) is 11.5 Å². The maximum atomic E-state index is 12.8. The van der Waals surface area contributed by atoms with E-state index in [1.807, 2.05) is 40.3 Å². The van der Waals surface area contributed by atoms with Gasteiger partial charge in [-0.05, 0) is 29.8 Å². The van der Waals surface area contributed by atoms with Gasteiger partial charge >= 0.3 is 0 Å². The Bertz CT molecular complexity index is 1220. The Labute approximate surface area is 203 Å². The van der Waals surface area contributed by atoms with E-state index >= 15 is 0 Å². The van der Waals surface area contributed by atoms with Crippen LogP contribution in [0.3, 0.4) is 0 Å². The predicted octanol–water partition coefficient (Wildman–Crippen LogP) is 1.33. The number of H-pyrrole nitrogens is 1. The molecule has 184 valence electrons. The minimum Gasteiger partial charge on any atom is -0.493 e. The fraction of sp³-hybridized carbons (Fsp3) is 0.320. The summed E-state index contributed by atoms with van der Waals surface area (Å²) in [7, 11) is 2.99. The van der Waals surface area contributed by atoms with Gasteiger partial charge in [-0.25, -0.2) is 0 Å². The zero-order valence-electron chi connectivity index (χ0n) is 19.8. The molecule has 0 saturated carbocycles. The summed E-state index contributed by atoms with van der Waals surface area (Å²) in [6, 6.07) is 12.7. The van der Waals surface area contributed by atoms with Crippen LogP contribution in [-0.4, -0.2) is 79.4 Å². The first kappa shape index (κ1) is 24.1. The van der Waals surface area contributed by atoms with Gasteiger partial charge in [0.2, 0.25) is 5.91 Å². The zero-order chi connectivity index (χ0) is 24.8. The number of hydrogen-bond acceptors (Lipinski definition) is 6. The van der Waals surface area contributed by atoms with Crippen LogP contribution in [0.4, 0.5) is 0 Å². The standard InChI is InChI=1S/C25H29N5O5/c1-34-21-8-7-17(13-22(21)35-2)25(33)28-27-23(31)16-29-9-11-30(12-10-29)24(32)14-18-15-26-20-6-4-3-5-19(18)20/h3-8,13,15,26H,9-12,14,16H2,1-2H3,(H,27,31)(H,28,33). The number of aromatic nitrogens is 1. The molecule has 2 aromatic carbocycles. The minimum atomic E-state index is -0.466. The largest absolute Gasteiger partial charge is 0.493 e. The Morgan fingerprint density at radius 2 is 1.69 bits per heavy atom. The number of amides is 3.